The minimum atomic E-state index is -0.257. The molecule has 11 aromatic carbocycles. The van der Waals surface area contributed by atoms with Crippen LogP contribution in [0.25, 0.3) is 99.1 Å². The van der Waals surface area contributed by atoms with Gasteiger partial charge in [0, 0.05) is 55.1 Å². The van der Waals surface area contributed by atoms with Gasteiger partial charge in [-0.2, -0.15) is 0 Å². The molecular formula is C67H47N3. The van der Waals surface area contributed by atoms with Crippen molar-refractivity contribution in [1.29, 1.82) is 0 Å². The molecule has 0 saturated heterocycles. The minimum absolute atomic E-state index is 0.257. The molecule has 0 aliphatic heterocycles. The highest BCUT2D eigenvalue weighted by atomic mass is 15.1. The summed E-state index contributed by atoms with van der Waals surface area (Å²) >= 11 is 0. The summed E-state index contributed by atoms with van der Waals surface area (Å²) < 4.78 is 4.82. The minimum Gasteiger partial charge on any atom is -0.310 e. The van der Waals surface area contributed by atoms with Gasteiger partial charge in [-0.15, -0.1) is 0 Å². The molecular weight excluding hydrogens is 847 g/mol. The van der Waals surface area contributed by atoms with E-state index in [1.807, 2.05) is 0 Å². The van der Waals surface area contributed by atoms with Crippen molar-refractivity contribution in [3.05, 3.63) is 260 Å². The third-order valence-corrected chi connectivity index (χ3v) is 15.1. The van der Waals surface area contributed by atoms with Crippen LogP contribution in [0.1, 0.15) is 25.0 Å². The first kappa shape index (κ1) is 40.2. The van der Waals surface area contributed by atoms with E-state index in [2.05, 4.69) is 277 Å². The van der Waals surface area contributed by atoms with Crippen LogP contribution >= 0.6 is 0 Å². The van der Waals surface area contributed by atoms with Gasteiger partial charge in [-0.05, 0) is 135 Å². The molecule has 0 amide bonds. The Labute approximate surface area is 407 Å². The Morgan fingerprint density at radius 3 is 1.44 bits per heavy atom. The Hall–Kier alpha value is -8.92. The van der Waals surface area contributed by atoms with E-state index < -0.39 is 0 Å². The SMILES string of the molecule is CC1(C)c2cc(N(c3ccc(-c4ccccc4)cc3)c3ccc(-c4ccc5c(c4)c4ccccc4n5-c4ccccc4)c4ccccc34)ccc2-c2ccc(-n3c4ccccc4c4ccccc43)cc21. The van der Waals surface area contributed by atoms with E-state index in [1.54, 1.807) is 0 Å². The molecule has 330 valence electrons. The average Bonchev–Trinajstić information content (AvgIpc) is 4.01. The first-order valence-electron chi connectivity index (χ1n) is 24.3. The number of hydrogen-bond donors (Lipinski definition) is 0. The molecule has 1 aliphatic rings. The summed E-state index contributed by atoms with van der Waals surface area (Å²) in [6, 6.07) is 91.7. The smallest absolute Gasteiger partial charge is 0.0541 e. The normalized spacial score (nSPS) is 12.8. The van der Waals surface area contributed by atoms with Gasteiger partial charge in [0.25, 0.3) is 0 Å². The molecule has 0 fully saturated rings. The number of rotatable bonds is 7. The fourth-order valence-electron chi connectivity index (χ4n) is 11.8. The Kier molecular flexibility index (Phi) is 8.93. The zero-order valence-corrected chi connectivity index (χ0v) is 39.0. The van der Waals surface area contributed by atoms with Gasteiger partial charge in [-0.3, -0.25) is 0 Å². The number of nitrogens with zero attached hydrogens (tertiary/aromatic N) is 3. The quantitative estimate of drug-likeness (QED) is 0.155. The second-order valence-corrected chi connectivity index (χ2v) is 19.3. The molecule has 0 atom stereocenters. The number of anilines is 3. The van der Waals surface area contributed by atoms with Gasteiger partial charge < -0.3 is 14.0 Å². The van der Waals surface area contributed by atoms with Crippen molar-refractivity contribution in [2.75, 3.05) is 4.90 Å². The summed E-state index contributed by atoms with van der Waals surface area (Å²) in [7, 11) is 0. The van der Waals surface area contributed by atoms with E-state index >= 15 is 0 Å². The van der Waals surface area contributed by atoms with Gasteiger partial charge in [-0.25, -0.2) is 0 Å². The summed E-state index contributed by atoms with van der Waals surface area (Å²) in [4.78, 5) is 2.47. The van der Waals surface area contributed by atoms with E-state index in [4.69, 9.17) is 0 Å². The van der Waals surface area contributed by atoms with Gasteiger partial charge >= 0.3 is 0 Å². The topological polar surface area (TPSA) is 13.1 Å². The first-order valence-corrected chi connectivity index (χ1v) is 24.3. The van der Waals surface area contributed by atoms with Gasteiger partial charge in [0.2, 0.25) is 0 Å². The van der Waals surface area contributed by atoms with Crippen LogP contribution in [0.15, 0.2) is 249 Å². The van der Waals surface area contributed by atoms with Crippen LogP contribution < -0.4 is 4.90 Å². The summed E-state index contributed by atoms with van der Waals surface area (Å²) in [6.07, 6.45) is 0. The van der Waals surface area contributed by atoms with Crippen molar-refractivity contribution in [3.8, 4) is 44.8 Å². The summed E-state index contributed by atoms with van der Waals surface area (Å²) in [5, 5.41) is 7.45. The zero-order chi connectivity index (χ0) is 46.5. The lowest BCUT2D eigenvalue weighted by Crippen LogP contribution is -2.17. The molecule has 14 rings (SSSR count). The molecule has 3 heteroatoms. The lowest BCUT2D eigenvalue weighted by molar-refractivity contribution is 0.660. The molecule has 0 N–H and O–H groups in total. The Balaban J connectivity index is 0.917. The number of hydrogen-bond acceptors (Lipinski definition) is 1. The average molecular weight is 894 g/mol. The van der Waals surface area contributed by atoms with Crippen molar-refractivity contribution in [1.82, 2.24) is 9.13 Å². The van der Waals surface area contributed by atoms with Crippen LogP contribution in [0.4, 0.5) is 17.1 Å². The molecule has 0 radical (unpaired) electrons. The molecule has 0 bridgehead atoms. The molecule has 0 unspecified atom stereocenters. The molecule has 2 heterocycles. The number of benzene rings is 11. The van der Waals surface area contributed by atoms with Crippen molar-refractivity contribution < 1.29 is 0 Å². The molecule has 70 heavy (non-hydrogen) atoms. The Bertz CT molecular complexity index is 4140. The predicted molar refractivity (Wildman–Crippen MR) is 296 cm³/mol. The first-order chi connectivity index (χ1) is 34.5. The number of aromatic nitrogens is 2. The Morgan fingerprint density at radius 2 is 0.771 bits per heavy atom. The van der Waals surface area contributed by atoms with Gasteiger partial charge in [0.15, 0.2) is 0 Å². The predicted octanol–water partition coefficient (Wildman–Crippen LogP) is 18.1. The van der Waals surface area contributed by atoms with E-state index in [0.29, 0.717) is 0 Å². The van der Waals surface area contributed by atoms with Crippen LogP contribution in [-0.4, -0.2) is 9.13 Å². The summed E-state index contributed by atoms with van der Waals surface area (Å²) in [5.41, 5.74) is 20.4. The van der Waals surface area contributed by atoms with Crippen molar-refractivity contribution in [2.45, 2.75) is 19.3 Å². The number of para-hydroxylation sites is 4. The second kappa shape index (κ2) is 15.6. The molecule has 0 spiro atoms. The fourth-order valence-corrected chi connectivity index (χ4v) is 11.8. The lowest BCUT2D eigenvalue weighted by atomic mass is 9.82. The molecule has 3 nitrogen and oxygen atoms in total. The van der Waals surface area contributed by atoms with Gasteiger partial charge in [0.05, 0.1) is 27.8 Å². The third-order valence-electron chi connectivity index (χ3n) is 15.1. The summed E-state index contributed by atoms with van der Waals surface area (Å²) in [5.74, 6) is 0. The number of fused-ring (bicyclic) bond motifs is 10. The van der Waals surface area contributed by atoms with E-state index in [-0.39, 0.29) is 5.41 Å². The fraction of sp³-hybridized carbons (Fsp3) is 0.0448. The van der Waals surface area contributed by atoms with Crippen molar-refractivity contribution in [2.24, 2.45) is 0 Å². The standard InChI is InChI=1S/C67H47N3/c1-67(2)60-42-49(34-36-53(60)54-37-35-50(43-61(54)67)70-62-26-14-11-23-56(62)57-24-12-15-27-63(57)70)68(48-32-29-45(30-33-48)44-17-5-3-6-18-44)65-40-38-51(52-21-9-10-22-55(52)65)46-31-39-66-59(41-46)58-25-13-16-28-64(58)69(66)47-19-7-4-8-20-47/h3-43H,1-2H3. The maximum atomic E-state index is 2.47. The molecule has 0 saturated carbocycles. The van der Waals surface area contributed by atoms with E-state index in [0.717, 1.165) is 22.7 Å². The highest BCUT2D eigenvalue weighted by Crippen LogP contribution is 2.52. The molecule has 1 aliphatic carbocycles. The molecule has 13 aromatic rings. The van der Waals surface area contributed by atoms with Crippen LogP contribution in [0.3, 0.4) is 0 Å². The highest BCUT2D eigenvalue weighted by Gasteiger charge is 2.37. The largest absolute Gasteiger partial charge is 0.310 e. The zero-order valence-electron chi connectivity index (χ0n) is 39.0. The van der Waals surface area contributed by atoms with E-state index in [9.17, 15) is 0 Å². The monoisotopic (exact) mass is 893 g/mol. The van der Waals surface area contributed by atoms with Crippen LogP contribution in [0.2, 0.25) is 0 Å². The van der Waals surface area contributed by atoms with Crippen LogP contribution in [-0.2, 0) is 5.41 Å². The second-order valence-electron chi connectivity index (χ2n) is 19.3. The lowest BCUT2D eigenvalue weighted by Gasteiger charge is -2.29. The summed E-state index contributed by atoms with van der Waals surface area (Å²) in [6.45, 7) is 4.79. The Morgan fingerprint density at radius 1 is 0.300 bits per heavy atom. The maximum absolute atomic E-state index is 2.47. The third kappa shape index (κ3) is 6.08. The van der Waals surface area contributed by atoms with Crippen molar-refractivity contribution >= 4 is 71.4 Å². The van der Waals surface area contributed by atoms with Crippen LogP contribution in [0.5, 0.6) is 0 Å². The van der Waals surface area contributed by atoms with Gasteiger partial charge in [-0.1, -0.05) is 178 Å². The van der Waals surface area contributed by atoms with Crippen molar-refractivity contribution in [3.63, 3.8) is 0 Å². The van der Waals surface area contributed by atoms with Gasteiger partial charge in [0.1, 0.15) is 0 Å². The maximum Gasteiger partial charge on any atom is 0.0541 e. The van der Waals surface area contributed by atoms with E-state index in [1.165, 1.54) is 105 Å². The van der Waals surface area contributed by atoms with Crippen LogP contribution in [0, 0.1) is 0 Å². The molecule has 2 aromatic heterocycles. The highest BCUT2D eigenvalue weighted by molar-refractivity contribution is 6.13.